The number of rotatable bonds is 3. The maximum Gasteiger partial charge on any atom is 0.239 e. The third-order valence-corrected chi connectivity index (χ3v) is 5.94. The average molecular weight is 348 g/mol. The van der Waals surface area contributed by atoms with Crippen LogP contribution in [0, 0.1) is 12.3 Å². The van der Waals surface area contributed by atoms with E-state index >= 15 is 0 Å². The SMILES string of the molecule is Cc1nc(CN2CCN(C(=O)C3CC4(CCNCC4)CN3)CC2)no1. The fourth-order valence-corrected chi connectivity index (χ4v) is 4.38. The van der Waals surface area contributed by atoms with Crippen LogP contribution in [0.2, 0.25) is 0 Å². The van der Waals surface area contributed by atoms with Gasteiger partial charge in [-0.3, -0.25) is 9.69 Å². The summed E-state index contributed by atoms with van der Waals surface area (Å²) in [6, 6.07) is 0.00417. The van der Waals surface area contributed by atoms with Gasteiger partial charge in [-0.15, -0.1) is 0 Å². The number of carbonyl (C=O) groups is 1. The van der Waals surface area contributed by atoms with Gasteiger partial charge in [0.25, 0.3) is 0 Å². The molecule has 1 amide bonds. The van der Waals surface area contributed by atoms with Crippen molar-refractivity contribution in [1.29, 1.82) is 0 Å². The summed E-state index contributed by atoms with van der Waals surface area (Å²) in [6.45, 7) is 8.93. The van der Waals surface area contributed by atoms with Crippen LogP contribution in [0.5, 0.6) is 0 Å². The van der Waals surface area contributed by atoms with Crippen molar-refractivity contribution in [3.05, 3.63) is 11.7 Å². The van der Waals surface area contributed by atoms with Gasteiger partial charge >= 0.3 is 0 Å². The van der Waals surface area contributed by atoms with Crippen LogP contribution in [-0.2, 0) is 11.3 Å². The summed E-state index contributed by atoms with van der Waals surface area (Å²) < 4.78 is 5.02. The molecule has 2 N–H and O–H groups in total. The van der Waals surface area contributed by atoms with Crippen molar-refractivity contribution >= 4 is 5.91 Å². The first-order valence-electron chi connectivity index (χ1n) is 9.38. The molecule has 3 saturated heterocycles. The van der Waals surface area contributed by atoms with E-state index in [1.54, 1.807) is 6.92 Å². The van der Waals surface area contributed by atoms with Crippen LogP contribution in [0.25, 0.3) is 0 Å². The minimum absolute atomic E-state index is 0.00417. The van der Waals surface area contributed by atoms with Gasteiger partial charge in [0.05, 0.1) is 12.6 Å². The molecular weight excluding hydrogens is 320 g/mol. The molecule has 8 heteroatoms. The second-order valence-electron chi connectivity index (χ2n) is 7.72. The number of aromatic nitrogens is 2. The van der Waals surface area contributed by atoms with Gasteiger partial charge in [0.15, 0.2) is 5.82 Å². The minimum atomic E-state index is 0.00417. The summed E-state index contributed by atoms with van der Waals surface area (Å²) >= 11 is 0. The normalized spacial score (nSPS) is 27.1. The fraction of sp³-hybridized carbons (Fsp3) is 0.824. The number of aryl methyl sites for hydroxylation is 1. The monoisotopic (exact) mass is 348 g/mol. The van der Waals surface area contributed by atoms with E-state index in [-0.39, 0.29) is 11.9 Å². The molecule has 4 rings (SSSR count). The molecule has 1 atom stereocenters. The van der Waals surface area contributed by atoms with E-state index in [0.29, 0.717) is 17.9 Å². The van der Waals surface area contributed by atoms with Crippen molar-refractivity contribution in [2.75, 3.05) is 45.8 Å². The van der Waals surface area contributed by atoms with Crippen molar-refractivity contribution in [3.63, 3.8) is 0 Å². The number of piperidine rings is 1. The van der Waals surface area contributed by atoms with Gasteiger partial charge in [-0.1, -0.05) is 5.16 Å². The molecule has 0 aromatic carbocycles. The Hall–Kier alpha value is -1.51. The largest absolute Gasteiger partial charge is 0.340 e. The van der Waals surface area contributed by atoms with Crippen LogP contribution in [0.15, 0.2) is 4.52 Å². The Kier molecular flexibility index (Phi) is 4.75. The topological polar surface area (TPSA) is 86.5 Å². The van der Waals surface area contributed by atoms with Gasteiger partial charge in [0, 0.05) is 39.6 Å². The van der Waals surface area contributed by atoms with Crippen LogP contribution >= 0.6 is 0 Å². The molecule has 8 nitrogen and oxygen atoms in total. The van der Waals surface area contributed by atoms with E-state index in [1.807, 2.05) is 4.90 Å². The number of piperazine rings is 1. The quantitative estimate of drug-likeness (QED) is 0.779. The molecule has 1 aromatic heterocycles. The lowest BCUT2D eigenvalue weighted by Gasteiger charge is -2.36. The third-order valence-electron chi connectivity index (χ3n) is 5.94. The first kappa shape index (κ1) is 16.9. The van der Waals surface area contributed by atoms with Gasteiger partial charge in [-0.2, -0.15) is 4.98 Å². The zero-order valence-corrected chi connectivity index (χ0v) is 15.0. The summed E-state index contributed by atoms with van der Waals surface area (Å²) in [5.41, 5.74) is 0.337. The second-order valence-corrected chi connectivity index (χ2v) is 7.72. The summed E-state index contributed by atoms with van der Waals surface area (Å²) in [5, 5.41) is 10.9. The number of amides is 1. The highest BCUT2D eigenvalue weighted by Gasteiger charge is 2.43. The van der Waals surface area contributed by atoms with E-state index in [0.717, 1.165) is 58.1 Å². The molecule has 3 aliphatic rings. The van der Waals surface area contributed by atoms with Crippen LogP contribution in [0.1, 0.15) is 31.0 Å². The zero-order chi connectivity index (χ0) is 17.3. The number of carbonyl (C=O) groups excluding carboxylic acids is 1. The van der Waals surface area contributed by atoms with E-state index in [9.17, 15) is 4.79 Å². The lowest BCUT2D eigenvalue weighted by molar-refractivity contribution is -0.135. The van der Waals surface area contributed by atoms with Crippen LogP contribution in [0.3, 0.4) is 0 Å². The highest BCUT2D eigenvalue weighted by molar-refractivity contribution is 5.82. The van der Waals surface area contributed by atoms with Crippen molar-refractivity contribution in [2.45, 2.75) is 38.8 Å². The lowest BCUT2D eigenvalue weighted by atomic mass is 9.77. The number of hydrogen-bond donors (Lipinski definition) is 2. The highest BCUT2D eigenvalue weighted by atomic mass is 16.5. The molecule has 1 spiro atoms. The molecular formula is C17H28N6O2. The predicted octanol–water partition coefficient (Wildman–Crippen LogP) is -0.246. The van der Waals surface area contributed by atoms with Gasteiger partial charge in [0.2, 0.25) is 11.8 Å². The number of hydrogen-bond acceptors (Lipinski definition) is 7. The standard InChI is InChI=1S/C17H28N6O2/c1-13-20-15(21-25-13)11-22-6-8-23(9-7-22)16(24)14-10-17(12-19-14)2-4-18-5-3-17/h14,18-19H,2-12H2,1H3. The first-order chi connectivity index (χ1) is 12.1. The molecule has 4 heterocycles. The average Bonchev–Trinajstić information content (AvgIpc) is 3.22. The van der Waals surface area contributed by atoms with Crippen LogP contribution in [-0.4, -0.2) is 77.7 Å². The van der Waals surface area contributed by atoms with Crippen LogP contribution in [0.4, 0.5) is 0 Å². The van der Waals surface area contributed by atoms with Gasteiger partial charge in [0.1, 0.15) is 0 Å². The first-order valence-corrected chi connectivity index (χ1v) is 9.38. The predicted molar refractivity (Wildman–Crippen MR) is 91.8 cm³/mol. The van der Waals surface area contributed by atoms with Crippen molar-refractivity contribution in [3.8, 4) is 0 Å². The molecule has 3 aliphatic heterocycles. The summed E-state index contributed by atoms with van der Waals surface area (Å²) in [6.07, 6.45) is 3.36. The van der Waals surface area contributed by atoms with E-state index in [2.05, 4.69) is 25.7 Å². The Morgan fingerprint density at radius 1 is 1.28 bits per heavy atom. The highest BCUT2D eigenvalue weighted by Crippen LogP contribution is 2.37. The van der Waals surface area contributed by atoms with Crippen molar-refractivity contribution in [2.24, 2.45) is 5.41 Å². The Morgan fingerprint density at radius 3 is 2.72 bits per heavy atom. The maximum absolute atomic E-state index is 12.9. The van der Waals surface area contributed by atoms with Gasteiger partial charge in [-0.05, 0) is 37.8 Å². The van der Waals surface area contributed by atoms with Crippen molar-refractivity contribution < 1.29 is 9.32 Å². The second kappa shape index (κ2) is 7.01. The number of nitrogens with zero attached hydrogens (tertiary/aromatic N) is 4. The molecule has 1 unspecified atom stereocenters. The molecule has 0 bridgehead atoms. The zero-order valence-electron chi connectivity index (χ0n) is 15.0. The molecule has 3 fully saturated rings. The van der Waals surface area contributed by atoms with Gasteiger partial charge < -0.3 is 20.1 Å². The fourth-order valence-electron chi connectivity index (χ4n) is 4.38. The molecule has 1 aromatic rings. The molecule has 25 heavy (non-hydrogen) atoms. The molecule has 0 aliphatic carbocycles. The third kappa shape index (κ3) is 3.70. The Morgan fingerprint density at radius 2 is 2.04 bits per heavy atom. The minimum Gasteiger partial charge on any atom is -0.340 e. The summed E-state index contributed by atoms with van der Waals surface area (Å²) in [7, 11) is 0. The number of nitrogens with one attached hydrogen (secondary N) is 2. The molecule has 138 valence electrons. The van der Waals surface area contributed by atoms with Crippen molar-refractivity contribution in [1.82, 2.24) is 30.6 Å². The smallest absolute Gasteiger partial charge is 0.239 e. The van der Waals surface area contributed by atoms with E-state index in [1.165, 1.54) is 12.8 Å². The Balaban J connectivity index is 1.27. The van der Waals surface area contributed by atoms with E-state index in [4.69, 9.17) is 4.52 Å². The molecule has 0 saturated carbocycles. The summed E-state index contributed by atoms with van der Waals surface area (Å²) in [5.74, 6) is 1.61. The Bertz CT molecular complexity index is 604. The maximum atomic E-state index is 12.9. The van der Waals surface area contributed by atoms with Crippen LogP contribution < -0.4 is 10.6 Å². The van der Waals surface area contributed by atoms with Gasteiger partial charge in [-0.25, -0.2) is 0 Å². The van der Waals surface area contributed by atoms with E-state index < -0.39 is 0 Å². The lowest BCUT2D eigenvalue weighted by Crippen LogP contribution is -2.52. The molecule has 0 radical (unpaired) electrons. The Labute approximate surface area is 148 Å². The summed E-state index contributed by atoms with van der Waals surface area (Å²) in [4.78, 5) is 21.4.